The molecule has 134 valence electrons. The van der Waals surface area contributed by atoms with Gasteiger partial charge in [0, 0.05) is 41.6 Å². The Kier molecular flexibility index (Phi) is 4.38. The van der Waals surface area contributed by atoms with Gasteiger partial charge in [-0.1, -0.05) is 6.07 Å². The van der Waals surface area contributed by atoms with Crippen molar-refractivity contribution in [2.45, 2.75) is 20.4 Å². The molecule has 3 heterocycles. The molecule has 6 heteroatoms. The van der Waals surface area contributed by atoms with Gasteiger partial charge >= 0.3 is 0 Å². The van der Waals surface area contributed by atoms with Crippen LogP contribution in [-0.4, -0.2) is 25.8 Å². The third kappa shape index (κ3) is 3.29. The lowest BCUT2D eigenvalue weighted by Crippen LogP contribution is -2.24. The largest absolute Gasteiger partial charge is 0.354 e. The average Bonchev–Trinajstić information content (AvgIpc) is 3.03. The van der Waals surface area contributed by atoms with Crippen molar-refractivity contribution < 1.29 is 4.79 Å². The third-order valence-electron chi connectivity index (χ3n) is 4.68. The summed E-state index contributed by atoms with van der Waals surface area (Å²) >= 11 is 0. The minimum atomic E-state index is -0.171. The van der Waals surface area contributed by atoms with Crippen molar-refractivity contribution in [3.63, 3.8) is 0 Å². The topological polar surface area (TPSA) is 83.6 Å². The number of aryl methyl sites for hydroxylation is 2. The average molecular weight is 357 g/mol. The van der Waals surface area contributed by atoms with Crippen LogP contribution in [0.2, 0.25) is 0 Å². The summed E-state index contributed by atoms with van der Waals surface area (Å²) in [4.78, 5) is 28.0. The number of nitrogens with zero attached hydrogens (tertiary/aromatic N) is 3. The number of hydrogen-bond acceptors (Lipinski definition) is 4. The highest BCUT2D eigenvalue weighted by atomic mass is 16.1. The standard InChI is InChI=1S/C21H19N5O/c1-13-17-8-15(9-24-21(27)18-11-23-12-25-14(18)2)5-6-19(17)26-20(13)16-4-3-7-22-10-16/h3-8,10-12,26H,9H2,1-2H3,(H,24,27). The first kappa shape index (κ1) is 16.9. The highest BCUT2D eigenvalue weighted by molar-refractivity contribution is 5.95. The number of carbonyl (C=O) groups excluding carboxylic acids is 1. The van der Waals surface area contributed by atoms with Crippen molar-refractivity contribution in [3.05, 3.63) is 77.6 Å². The molecule has 0 aliphatic carbocycles. The smallest absolute Gasteiger partial charge is 0.254 e. The van der Waals surface area contributed by atoms with Crippen molar-refractivity contribution in [2.75, 3.05) is 0 Å². The Bertz CT molecular complexity index is 1120. The summed E-state index contributed by atoms with van der Waals surface area (Å²) in [7, 11) is 0. The van der Waals surface area contributed by atoms with Crippen molar-refractivity contribution in [3.8, 4) is 11.3 Å². The number of nitrogens with one attached hydrogen (secondary N) is 2. The molecular formula is C21H19N5O. The van der Waals surface area contributed by atoms with Gasteiger partial charge in [-0.15, -0.1) is 0 Å². The van der Waals surface area contributed by atoms with Crippen LogP contribution in [0, 0.1) is 13.8 Å². The molecule has 1 aromatic carbocycles. The fourth-order valence-electron chi connectivity index (χ4n) is 3.17. The molecule has 0 aliphatic rings. The van der Waals surface area contributed by atoms with Gasteiger partial charge < -0.3 is 10.3 Å². The summed E-state index contributed by atoms with van der Waals surface area (Å²) in [5.74, 6) is -0.171. The molecule has 6 nitrogen and oxygen atoms in total. The van der Waals surface area contributed by atoms with Crippen LogP contribution in [0.5, 0.6) is 0 Å². The molecule has 3 aromatic heterocycles. The second-order valence-electron chi connectivity index (χ2n) is 6.45. The SMILES string of the molecule is Cc1ncncc1C(=O)NCc1ccc2[nH]c(-c3cccnc3)c(C)c2c1. The monoisotopic (exact) mass is 357 g/mol. The Morgan fingerprint density at radius 3 is 2.81 bits per heavy atom. The van der Waals surface area contributed by atoms with Crippen molar-refractivity contribution in [1.29, 1.82) is 0 Å². The molecule has 0 spiro atoms. The van der Waals surface area contributed by atoms with Gasteiger partial charge in [0.2, 0.25) is 0 Å². The van der Waals surface area contributed by atoms with Crippen molar-refractivity contribution >= 4 is 16.8 Å². The number of rotatable bonds is 4. The normalized spacial score (nSPS) is 10.9. The van der Waals surface area contributed by atoms with Crippen LogP contribution in [0.25, 0.3) is 22.2 Å². The maximum absolute atomic E-state index is 12.4. The van der Waals surface area contributed by atoms with Crippen LogP contribution in [0.4, 0.5) is 0 Å². The van der Waals surface area contributed by atoms with E-state index in [4.69, 9.17) is 0 Å². The minimum absolute atomic E-state index is 0.171. The number of benzene rings is 1. The van der Waals surface area contributed by atoms with Crippen molar-refractivity contribution in [2.24, 2.45) is 0 Å². The van der Waals surface area contributed by atoms with Crippen LogP contribution in [0.1, 0.15) is 27.2 Å². The van der Waals surface area contributed by atoms with E-state index in [-0.39, 0.29) is 5.91 Å². The number of carbonyl (C=O) groups is 1. The first-order chi connectivity index (χ1) is 13.1. The van der Waals surface area contributed by atoms with E-state index in [1.807, 2.05) is 30.5 Å². The number of hydrogen-bond donors (Lipinski definition) is 2. The molecule has 0 saturated heterocycles. The number of aromatic amines is 1. The first-order valence-corrected chi connectivity index (χ1v) is 8.70. The van der Waals surface area contributed by atoms with E-state index in [1.54, 1.807) is 13.1 Å². The lowest BCUT2D eigenvalue weighted by Gasteiger charge is -2.07. The van der Waals surface area contributed by atoms with Gasteiger partial charge in [0.05, 0.1) is 17.0 Å². The van der Waals surface area contributed by atoms with Crippen molar-refractivity contribution in [1.82, 2.24) is 25.3 Å². The summed E-state index contributed by atoms with van der Waals surface area (Å²) in [6.45, 7) is 4.33. The third-order valence-corrected chi connectivity index (χ3v) is 4.68. The van der Waals surface area contributed by atoms with E-state index in [2.05, 4.69) is 38.2 Å². The minimum Gasteiger partial charge on any atom is -0.354 e. The summed E-state index contributed by atoms with van der Waals surface area (Å²) in [5.41, 5.74) is 6.55. The molecule has 4 rings (SSSR count). The molecule has 4 aromatic rings. The summed E-state index contributed by atoms with van der Waals surface area (Å²) in [5, 5.41) is 4.08. The number of pyridine rings is 1. The zero-order valence-electron chi connectivity index (χ0n) is 15.2. The molecule has 1 amide bonds. The maximum Gasteiger partial charge on any atom is 0.254 e. The molecular weight excluding hydrogens is 338 g/mol. The lowest BCUT2D eigenvalue weighted by molar-refractivity contribution is 0.0949. The molecule has 2 N–H and O–H groups in total. The maximum atomic E-state index is 12.4. The Balaban J connectivity index is 1.58. The second kappa shape index (κ2) is 6.99. The Morgan fingerprint density at radius 2 is 2.04 bits per heavy atom. The van der Waals surface area contributed by atoms with Crippen LogP contribution in [-0.2, 0) is 6.54 Å². The van der Waals surface area contributed by atoms with E-state index in [0.29, 0.717) is 17.8 Å². The highest BCUT2D eigenvalue weighted by Gasteiger charge is 2.12. The first-order valence-electron chi connectivity index (χ1n) is 8.70. The van der Waals surface area contributed by atoms with Crippen LogP contribution in [0.15, 0.2) is 55.2 Å². The van der Waals surface area contributed by atoms with E-state index in [9.17, 15) is 4.79 Å². The van der Waals surface area contributed by atoms with Crippen LogP contribution < -0.4 is 5.32 Å². The molecule has 0 aliphatic heterocycles. The zero-order valence-corrected chi connectivity index (χ0v) is 15.2. The number of fused-ring (bicyclic) bond motifs is 1. The highest BCUT2D eigenvalue weighted by Crippen LogP contribution is 2.29. The quantitative estimate of drug-likeness (QED) is 0.585. The predicted octanol–water partition coefficient (Wildman–Crippen LogP) is 3.57. The van der Waals surface area contributed by atoms with E-state index in [0.717, 1.165) is 27.7 Å². The molecule has 0 fully saturated rings. The van der Waals surface area contributed by atoms with E-state index >= 15 is 0 Å². The number of aromatic nitrogens is 4. The lowest BCUT2D eigenvalue weighted by atomic mass is 10.1. The zero-order chi connectivity index (χ0) is 18.8. The summed E-state index contributed by atoms with van der Waals surface area (Å²) in [6, 6.07) is 10.1. The number of amides is 1. The summed E-state index contributed by atoms with van der Waals surface area (Å²) in [6.07, 6.45) is 6.59. The van der Waals surface area contributed by atoms with Gasteiger partial charge in [0.15, 0.2) is 0 Å². The fourth-order valence-corrected chi connectivity index (χ4v) is 3.17. The van der Waals surface area contributed by atoms with Crippen LogP contribution in [0.3, 0.4) is 0 Å². The van der Waals surface area contributed by atoms with E-state index in [1.165, 1.54) is 18.1 Å². The predicted molar refractivity (Wildman–Crippen MR) is 104 cm³/mol. The molecule has 0 radical (unpaired) electrons. The fraction of sp³-hybridized carbons (Fsp3) is 0.143. The molecule has 0 atom stereocenters. The Hall–Kier alpha value is -3.54. The van der Waals surface area contributed by atoms with Gasteiger partial charge in [-0.3, -0.25) is 9.78 Å². The van der Waals surface area contributed by atoms with Gasteiger partial charge in [-0.05, 0) is 49.2 Å². The molecule has 0 saturated carbocycles. The molecule has 0 bridgehead atoms. The second-order valence-corrected chi connectivity index (χ2v) is 6.45. The molecule has 27 heavy (non-hydrogen) atoms. The van der Waals surface area contributed by atoms with Gasteiger partial charge in [0.25, 0.3) is 5.91 Å². The van der Waals surface area contributed by atoms with Crippen LogP contribution >= 0.6 is 0 Å². The number of H-pyrrole nitrogens is 1. The summed E-state index contributed by atoms with van der Waals surface area (Å²) < 4.78 is 0. The Morgan fingerprint density at radius 1 is 1.15 bits per heavy atom. The van der Waals surface area contributed by atoms with Gasteiger partial charge in [-0.2, -0.15) is 0 Å². The van der Waals surface area contributed by atoms with E-state index < -0.39 is 0 Å². The Labute approximate surface area is 156 Å². The van der Waals surface area contributed by atoms with Gasteiger partial charge in [-0.25, -0.2) is 9.97 Å². The van der Waals surface area contributed by atoms with Gasteiger partial charge in [0.1, 0.15) is 6.33 Å². The molecule has 0 unspecified atom stereocenters.